The highest BCUT2D eigenvalue weighted by atomic mass is 16.5. The van der Waals surface area contributed by atoms with E-state index in [0.717, 1.165) is 6.42 Å². The molecular formula is C12H20N2O2. The predicted octanol–water partition coefficient (Wildman–Crippen LogP) is 2.60. The molecule has 0 fully saturated rings. The Morgan fingerprint density at radius 1 is 1.31 bits per heavy atom. The third kappa shape index (κ3) is 3.15. The van der Waals surface area contributed by atoms with Gasteiger partial charge in [-0.3, -0.25) is 4.79 Å². The summed E-state index contributed by atoms with van der Waals surface area (Å²) in [5.41, 5.74) is 0. The third-order valence-corrected chi connectivity index (χ3v) is 2.45. The van der Waals surface area contributed by atoms with Gasteiger partial charge in [-0.05, 0) is 18.8 Å². The van der Waals surface area contributed by atoms with Crippen LogP contribution in [0.5, 0.6) is 0 Å². The summed E-state index contributed by atoms with van der Waals surface area (Å²) in [5, 5.41) is 3.90. The largest absolute Gasteiger partial charge is 0.339 e. The summed E-state index contributed by atoms with van der Waals surface area (Å²) in [7, 11) is 0. The minimum absolute atomic E-state index is 0.0785. The molecule has 1 rings (SSSR count). The van der Waals surface area contributed by atoms with Gasteiger partial charge in [-0.15, -0.1) is 0 Å². The SMILES string of the molecule is CC(=O)C(c1nc(CC(C)C)no1)C(C)C. The number of ketones is 1. The lowest BCUT2D eigenvalue weighted by molar-refractivity contribution is -0.119. The molecule has 0 radical (unpaired) electrons. The molecule has 1 atom stereocenters. The molecule has 1 aromatic rings. The van der Waals surface area contributed by atoms with Crippen molar-refractivity contribution >= 4 is 5.78 Å². The van der Waals surface area contributed by atoms with Gasteiger partial charge in [-0.1, -0.05) is 32.9 Å². The standard InChI is InChI=1S/C12H20N2O2/c1-7(2)6-10-13-12(16-14-10)11(8(3)4)9(5)15/h7-8,11H,6H2,1-5H3. The van der Waals surface area contributed by atoms with Gasteiger partial charge in [0.2, 0.25) is 5.89 Å². The molecule has 1 heterocycles. The summed E-state index contributed by atoms with van der Waals surface area (Å²) in [6.07, 6.45) is 0.784. The van der Waals surface area contributed by atoms with Crippen LogP contribution in [0.4, 0.5) is 0 Å². The highest BCUT2D eigenvalue weighted by Crippen LogP contribution is 2.24. The van der Waals surface area contributed by atoms with E-state index in [0.29, 0.717) is 17.6 Å². The molecule has 0 saturated heterocycles. The normalized spacial score (nSPS) is 13.4. The molecule has 0 amide bonds. The molecule has 0 saturated carbocycles. The van der Waals surface area contributed by atoms with E-state index in [4.69, 9.17) is 4.52 Å². The Labute approximate surface area is 96.4 Å². The summed E-state index contributed by atoms with van der Waals surface area (Å²) < 4.78 is 5.17. The minimum Gasteiger partial charge on any atom is -0.339 e. The molecule has 1 aromatic heterocycles. The molecule has 0 aromatic carbocycles. The number of carbonyl (C=O) groups is 1. The fourth-order valence-corrected chi connectivity index (χ4v) is 1.77. The molecule has 4 heteroatoms. The maximum absolute atomic E-state index is 11.5. The van der Waals surface area contributed by atoms with E-state index in [1.165, 1.54) is 0 Å². The summed E-state index contributed by atoms with van der Waals surface area (Å²) in [4.78, 5) is 15.8. The van der Waals surface area contributed by atoms with Gasteiger partial charge in [0.15, 0.2) is 5.82 Å². The highest BCUT2D eigenvalue weighted by Gasteiger charge is 2.26. The summed E-state index contributed by atoms with van der Waals surface area (Å²) in [5.74, 6) is 1.63. The van der Waals surface area contributed by atoms with Crippen molar-refractivity contribution in [1.29, 1.82) is 0 Å². The molecule has 90 valence electrons. The van der Waals surface area contributed by atoms with E-state index in [1.54, 1.807) is 6.92 Å². The van der Waals surface area contributed by atoms with Gasteiger partial charge >= 0.3 is 0 Å². The molecular weight excluding hydrogens is 204 g/mol. The number of hydrogen-bond donors (Lipinski definition) is 0. The Morgan fingerprint density at radius 2 is 1.94 bits per heavy atom. The maximum Gasteiger partial charge on any atom is 0.237 e. The van der Waals surface area contributed by atoms with Gasteiger partial charge in [0.1, 0.15) is 5.78 Å². The Bertz CT molecular complexity index is 356. The molecule has 4 nitrogen and oxygen atoms in total. The lowest BCUT2D eigenvalue weighted by Gasteiger charge is -2.12. The molecule has 0 aliphatic heterocycles. The van der Waals surface area contributed by atoms with E-state index in [-0.39, 0.29) is 17.6 Å². The summed E-state index contributed by atoms with van der Waals surface area (Å²) in [6, 6.07) is 0. The third-order valence-electron chi connectivity index (χ3n) is 2.45. The molecule has 0 bridgehead atoms. The first-order chi connectivity index (χ1) is 7.41. The minimum atomic E-state index is -0.270. The monoisotopic (exact) mass is 224 g/mol. The van der Waals surface area contributed by atoms with Crippen LogP contribution in [0.25, 0.3) is 0 Å². The van der Waals surface area contributed by atoms with E-state index >= 15 is 0 Å². The zero-order valence-corrected chi connectivity index (χ0v) is 10.7. The number of Topliss-reactive ketones (excluding diaryl/α,β-unsaturated/α-hetero) is 1. The first-order valence-electron chi connectivity index (χ1n) is 5.74. The maximum atomic E-state index is 11.5. The zero-order valence-electron chi connectivity index (χ0n) is 10.7. The number of rotatable bonds is 5. The van der Waals surface area contributed by atoms with Crippen molar-refractivity contribution in [2.45, 2.75) is 47.0 Å². The molecule has 1 unspecified atom stereocenters. The van der Waals surface area contributed by atoms with Gasteiger partial charge < -0.3 is 4.52 Å². The second-order valence-electron chi connectivity index (χ2n) is 4.98. The van der Waals surface area contributed by atoms with E-state index < -0.39 is 0 Å². The van der Waals surface area contributed by atoms with Crippen LogP contribution in [0.1, 0.15) is 52.3 Å². The van der Waals surface area contributed by atoms with Crippen molar-refractivity contribution in [2.75, 3.05) is 0 Å². The molecule has 16 heavy (non-hydrogen) atoms. The van der Waals surface area contributed by atoms with E-state index in [2.05, 4.69) is 24.0 Å². The topological polar surface area (TPSA) is 56.0 Å². The summed E-state index contributed by atoms with van der Waals surface area (Å²) in [6.45, 7) is 9.73. The van der Waals surface area contributed by atoms with Crippen LogP contribution in [0.15, 0.2) is 4.52 Å². The molecule has 0 aliphatic carbocycles. The lowest BCUT2D eigenvalue weighted by atomic mass is 9.92. The fraction of sp³-hybridized carbons (Fsp3) is 0.750. The van der Waals surface area contributed by atoms with Crippen LogP contribution < -0.4 is 0 Å². The van der Waals surface area contributed by atoms with E-state index in [9.17, 15) is 4.79 Å². The Hall–Kier alpha value is -1.19. The van der Waals surface area contributed by atoms with Gasteiger partial charge in [-0.2, -0.15) is 4.98 Å². The van der Waals surface area contributed by atoms with Crippen molar-refractivity contribution < 1.29 is 9.32 Å². The number of aromatic nitrogens is 2. The second kappa shape index (κ2) is 5.23. The van der Waals surface area contributed by atoms with Crippen LogP contribution in [-0.2, 0) is 11.2 Å². The van der Waals surface area contributed by atoms with Crippen LogP contribution in [0, 0.1) is 11.8 Å². The molecule has 0 N–H and O–H groups in total. The van der Waals surface area contributed by atoms with Crippen LogP contribution in [0.2, 0.25) is 0 Å². The van der Waals surface area contributed by atoms with Crippen molar-refractivity contribution in [3.63, 3.8) is 0 Å². The smallest absolute Gasteiger partial charge is 0.237 e. The number of nitrogens with zero attached hydrogens (tertiary/aromatic N) is 2. The summed E-state index contributed by atoms with van der Waals surface area (Å²) >= 11 is 0. The average molecular weight is 224 g/mol. The first-order valence-corrected chi connectivity index (χ1v) is 5.74. The zero-order chi connectivity index (χ0) is 12.3. The van der Waals surface area contributed by atoms with E-state index in [1.807, 2.05) is 13.8 Å². The molecule has 0 aliphatic rings. The molecule has 0 spiro atoms. The lowest BCUT2D eigenvalue weighted by Crippen LogP contribution is -2.15. The fourth-order valence-electron chi connectivity index (χ4n) is 1.77. The van der Waals surface area contributed by atoms with Crippen molar-refractivity contribution in [2.24, 2.45) is 11.8 Å². The second-order valence-corrected chi connectivity index (χ2v) is 4.98. The Balaban J connectivity index is 2.86. The highest BCUT2D eigenvalue weighted by molar-refractivity contribution is 5.82. The van der Waals surface area contributed by atoms with Crippen LogP contribution in [0.3, 0.4) is 0 Å². The van der Waals surface area contributed by atoms with Crippen molar-refractivity contribution in [3.05, 3.63) is 11.7 Å². The Morgan fingerprint density at radius 3 is 2.38 bits per heavy atom. The van der Waals surface area contributed by atoms with Gasteiger partial charge in [0.05, 0.1) is 5.92 Å². The average Bonchev–Trinajstić information content (AvgIpc) is 2.50. The first kappa shape index (κ1) is 12.9. The van der Waals surface area contributed by atoms with Crippen LogP contribution in [-0.4, -0.2) is 15.9 Å². The predicted molar refractivity (Wildman–Crippen MR) is 61.1 cm³/mol. The van der Waals surface area contributed by atoms with Gasteiger partial charge in [-0.25, -0.2) is 0 Å². The van der Waals surface area contributed by atoms with Crippen molar-refractivity contribution in [1.82, 2.24) is 10.1 Å². The number of carbonyl (C=O) groups excluding carboxylic acids is 1. The quantitative estimate of drug-likeness (QED) is 0.771. The number of hydrogen-bond acceptors (Lipinski definition) is 4. The Kier molecular flexibility index (Phi) is 4.21. The van der Waals surface area contributed by atoms with Crippen LogP contribution >= 0.6 is 0 Å². The van der Waals surface area contributed by atoms with Crippen molar-refractivity contribution in [3.8, 4) is 0 Å². The van der Waals surface area contributed by atoms with Gasteiger partial charge in [0, 0.05) is 6.42 Å². The van der Waals surface area contributed by atoms with Gasteiger partial charge in [0.25, 0.3) is 0 Å².